The molecule has 0 unspecified atom stereocenters. The fourth-order valence-corrected chi connectivity index (χ4v) is 7.27. The third-order valence-electron chi connectivity index (χ3n) is 6.24. The monoisotopic (exact) mass is 427 g/mol. The first-order valence-electron chi connectivity index (χ1n) is 10.4. The molecule has 2 atom stereocenters. The largest absolute Gasteiger partial charge is 0.423 e. The number of rotatable bonds is 4. The molecule has 0 spiro atoms. The molecule has 160 valence electrons. The molecule has 2 aromatic rings. The van der Waals surface area contributed by atoms with E-state index < -0.39 is 16.0 Å². The van der Waals surface area contributed by atoms with Crippen molar-refractivity contribution in [2.45, 2.75) is 57.9 Å². The average molecular weight is 428 g/mol. The molecule has 0 N–H and O–H groups in total. The van der Waals surface area contributed by atoms with Gasteiger partial charge in [-0.1, -0.05) is 39.0 Å². The maximum absolute atomic E-state index is 13.5. The molecule has 0 amide bonds. The van der Waals surface area contributed by atoms with E-state index in [2.05, 4.69) is 20.8 Å². The SMILES string of the molecule is Cc1cccc(OC(=O)c2cccc(S(=O)(=O)N3C[C@@]4(C)C[C@@H]3CC(C)(C)C4)c2)c1. The van der Waals surface area contributed by atoms with Crippen molar-refractivity contribution in [1.82, 2.24) is 4.31 Å². The molecule has 0 aromatic heterocycles. The number of benzene rings is 2. The third-order valence-corrected chi connectivity index (χ3v) is 8.14. The number of sulfonamides is 1. The Morgan fingerprint density at radius 2 is 1.80 bits per heavy atom. The highest BCUT2D eigenvalue weighted by Crippen LogP contribution is 2.53. The first-order valence-corrected chi connectivity index (χ1v) is 11.8. The Balaban J connectivity index is 1.59. The molecular formula is C24H29NO4S. The summed E-state index contributed by atoms with van der Waals surface area (Å²) in [4.78, 5) is 12.8. The van der Waals surface area contributed by atoms with Crippen molar-refractivity contribution in [2.24, 2.45) is 10.8 Å². The van der Waals surface area contributed by atoms with Crippen molar-refractivity contribution < 1.29 is 17.9 Å². The topological polar surface area (TPSA) is 63.7 Å². The summed E-state index contributed by atoms with van der Waals surface area (Å²) in [5.74, 6) is -0.123. The number of hydrogen-bond acceptors (Lipinski definition) is 4. The van der Waals surface area contributed by atoms with Gasteiger partial charge in [-0.05, 0) is 72.9 Å². The van der Waals surface area contributed by atoms with Crippen LogP contribution in [0.25, 0.3) is 0 Å². The van der Waals surface area contributed by atoms with Gasteiger partial charge in [-0.3, -0.25) is 0 Å². The Bertz CT molecular complexity index is 1090. The van der Waals surface area contributed by atoms with Crippen LogP contribution < -0.4 is 4.74 Å². The Hall–Kier alpha value is -2.18. The predicted molar refractivity (Wildman–Crippen MR) is 116 cm³/mol. The van der Waals surface area contributed by atoms with Gasteiger partial charge in [0.25, 0.3) is 0 Å². The number of aryl methyl sites for hydroxylation is 1. The second-order valence-electron chi connectivity index (χ2n) is 10.00. The zero-order valence-electron chi connectivity index (χ0n) is 18.0. The lowest BCUT2D eigenvalue weighted by Crippen LogP contribution is -2.37. The number of hydrogen-bond donors (Lipinski definition) is 0. The van der Waals surface area contributed by atoms with Crippen molar-refractivity contribution in [3.05, 3.63) is 59.7 Å². The van der Waals surface area contributed by atoms with Gasteiger partial charge in [0.1, 0.15) is 5.75 Å². The lowest BCUT2D eigenvalue weighted by molar-refractivity contribution is 0.0734. The van der Waals surface area contributed by atoms with Crippen LogP contribution in [0, 0.1) is 17.8 Å². The number of carbonyl (C=O) groups excluding carboxylic acids is 1. The summed E-state index contributed by atoms with van der Waals surface area (Å²) in [5, 5.41) is 0. The van der Waals surface area contributed by atoms with Gasteiger partial charge in [-0.2, -0.15) is 4.31 Å². The average Bonchev–Trinajstić information content (AvgIpc) is 2.91. The Labute approximate surface area is 179 Å². The molecule has 1 saturated heterocycles. The van der Waals surface area contributed by atoms with Crippen LogP contribution >= 0.6 is 0 Å². The van der Waals surface area contributed by atoms with E-state index in [0.29, 0.717) is 12.3 Å². The molecule has 1 aliphatic heterocycles. The van der Waals surface area contributed by atoms with Crippen LogP contribution in [-0.2, 0) is 10.0 Å². The molecule has 2 fully saturated rings. The number of nitrogens with zero attached hydrogens (tertiary/aromatic N) is 1. The quantitative estimate of drug-likeness (QED) is 0.519. The van der Waals surface area contributed by atoms with Crippen LogP contribution in [-0.4, -0.2) is 31.3 Å². The van der Waals surface area contributed by atoms with Crippen LogP contribution in [0.15, 0.2) is 53.4 Å². The van der Waals surface area contributed by atoms with Gasteiger partial charge in [-0.15, -0.1) is 0 Å². The maximum Gasteiger partial charge on any atom is 0.343 e. The van der Waals surface area contributed by atoms with Gasteiger partial charge in [0.15, 0.2) is 0 Å². The Morgan fingerprint density at radius 3 is 2.53 bits per heavy atom. The molecular weight excluding hydrogens is 398 g/mol. The van der Waals surface area contributed by atoms with Crippen LogP contribution in [0.5, 0.6) is 5.75 Å². The second-order valence-corrected chi connectivity index (χ2v) is 11.9. The van der Waals surface area contributed by atoms with Crippen molar-refractivity contribution in [3.8, 4) is 5.75 Å². The molecule has 2 aromatic carbocycles. The molecule has 1 saturated carbocycles. The van der Waals surface area contributed by atoms with Gasteiger partial charge >= 0.3 is 5.97 Å². The second kappa shape index (κ2) is 7.20. The highest BCUT2D eigenvalue weighted by atomic mass is 32.2. The smallest absolute Gasteiger partial charge is 0.343 e. The summed E-state index contributed by atoms with van der Waals surface area (Å²) in [6, 6.07) is 13.4. The first-order chi connectivity index (χ1) is 14.0. The summed E-state index contributed by atoms with van der Waals surface area (Å²) in [6.45, 7) is 9.07. The van der Waals surface area contributed by atoms with Crippen molar-refractivity contribution in [3.63, 3.8) is 0 Å². The maximum atomic E-state index is 13.5. The van der Waals surface area contributed by atoms with Gasteiger partial charge in [-0.25, -0.2) is 13.2 Å². The molecule has 1 heterocycles. The third kappa shape index (κ3) is 4.03. The van der Waals surface area contributed by atoms with Gasteiger partial charge in [0.2, 0.25) is 10.0 Å². The molecule has 6 heteroatoms. The summed E-state index contributed by atoms with van der Waals surface area (Å²) >= 11 is 0. The standard InChI is InChI=1S/C24H29NO4S/c1-17-7-5-9-20(11-17)29-22(26)18-8-6-10-21(12-18)30(27,28)25-16-24(4)14-19(25)13-23(2,3)15-24/h5-12,19H,13-16H2,1-4H3/t19-,24-/m0/s1. The van der Waals surface area contributed by atoms with Gasteiger partial charge < -0.3 is 4.74 Å². The van der Waals surface area contributed by atoms with E-state index >= 15 is 0 Å². The Kier molecular flexibility index (Phi) is 5.06. The first kappa shape index (κ1) is 21.1. The van der Waals surface area contributed by atoms with E-state index in [0.717, 1.165) is 24.8 Å². The van der Waals surface area contributed by atoms with E-state index in [9.17, 15) is 13.2 Å². The predicted octanol–water partition coefficient (Wildman–Crippen LogP) is 4.80. The van der Waals surface area contributed by atoms with Crippen molar-refractivity contribution >= 4 is 16.0 Å². The van der Waals surface area contributed by atoms with Gasteiger partial charge in [0.05, 0.1) is 10.5 Å². The zero-order chi connectivity index (χ0) is 21.7. The summed E-state index contributed by atoms with van der Waals surface area (Å²) < 4.78 is 34.1. The summed E-state index contributed by atoms with van der Waals surface area (Å²) in [7, 11) is -3.69. The van der Waals surface area contributed by atoms with Crippen LogP contribution in [0.2, 0.25) is 0 Å². The molecule has 30 heavy (non-hydrogen) atoms. The highest BCUT2D eigenvalue weighted by Gasteiger charge is 2.53. The Morgan fingerprint density at radius 1 is 1.07 bits per heavy atom. The lowest BCUT2D eigenvalue weighted by atomic mass is 9.65. The summed E-state index contributed by atoms with van der Waals surface area (Å²) in [6.07, 6.45) is 2.77. The number of ether oxygens (including phenoxy) is 1. The highest BCUT2D eigenvalue weighted by molar-refractivity contribution is 7.89. The van der Waals surface area contributed by atoms with Gasteiger partial charge in [0, 0.05) is 12.6 Å². The minimum absolute atomic E-state index is 0.00119. The van der Waals surface area contributed by atoms with E-state index in [4.69, 9.17) is 4.74 Å². The molecule has 5 nitrogen and oxygen atoms in total. The van der Waals surface area contributed by atoms with Crippen LogP contribution in [0.3, 0.4) is 0 Å². The number of fused-ring (bicyclic) bond motifs is 2. The van der Waals surface area contributed by atoms with E-state index in [1.54, 1.807) is 34.6 Å². The lowest BCUT2D eigenvalue weighted by Gasteiger charge is -2.39. The fraction of sp³-hybridized carbons (Fsp3) is 0.458. The molecule has 2 aliphatic rings. The fourth-order valence-electron chi connectivity index (χ4n) is 5.45. The molecule has 2 bridgehead atoms. The van der Waals surface area contributed by atoms with E-state index in [-0.39, 0.29) is 27.3 Å². The van der Waals surface area contributed by atoms with E-state index in [1.807, 2.05) is 19.1 Å². The normalized spacial score (nSPS) is 25.8. The minimum atomic E-state index is -3.69. The molecule has 1 aliphatic carbocycles. The van der Waals surface area contributed by atoms with Crippen molar-refractivity contribution in [1.29, 1.82) is 0 Å². The van der Waals surface area contributed by atoms with Crippen LogP contribution in [0.4, 0.5) is 0 Å². The number of carbonyl (C=O) groups is 1. The zero-order valence-corrected chi connectivity index (χ0v) is 18.8. The summed E-state index contributed by atoms with van der Waals surface area (Å²) in [5.41, 5.74) is 1.34. The minimum Gasteiger partial charge on any atom is -0.423 e. The van der Waals surface area contributed by atoms with Crippen molar-refractivity contribution in [2.75, 3.05) is 6.54 Å². The van der Waals surface area contributed by atoms with E-state index in [1.165, 1.54) is 6.07 Å². The molecule has 4 rings (SSSR count). The molecule has 0 radical (unpaired) electrons. The number of esters is 1. The van der Waals surface area contributed by atoms with Crippen LogP contribution in [0.1, 0.15) is 56.0 Å².